The number of hydrogen-bond acceptors (Lipinski definition) is 3. The molecular weight excluding hydrogens is 276 g/mol. The Morgan fingerprint density at radius 3 is 2.73 bits per heavy atom. The maximum Gasteiger partial charge on any atom is 0.254 e. The van der Waals surface area contributed by atoms with Gasteiger partial charge in [-0.25, -0.2) is 0 Å². The second kappa shape index (κ2) is 6.07. The average molecular weight is 302 g/mol. The zero-order valence-electron chi connectivity index (χ0n) is 13.2. The minimum atomic E-state index is 0.0148. The fourth-order valence-corrected chi connectivity index (χ4v) is 4.54. The molecule has 4 heteroatoms. The van der Waals surface area contributed by atoms with Gasteiger partial charge in [0.2, 0.25) is 0 Å². The van der Waals surface area contributed by atoms with E-state index in [1.54, 1.807) is 12.3 Å². The van der Waals surface area contributed by atoms with E-state index < -0.39 is 0 Å². The maximum absolute atomic E-state index is 12.0. The van der Waals surface area contributed by atoms with E-state index >= 15 is 0 Å². The van der Waals surface area contributed by atoms with Crippen molar-refractivity contribution in [3.8, 4) is 0 Å². The predicted octanol–water partition coefficient (Wildman–Crippen LogP) is 2.91. The number of rotatable bonds is 6. The number of fused-ring (bicyclic) bond motifs is 1. The van der Waals surface area contributed by atoms with Crippen molar-refractivity contribution in [1.29, 1.82) is 0 Å². The van der Waals surface area contributed by atoms with Crippen molar-refractivity contribution in [2.75, 3.05) is 19.6 Å². The second-order valence-electron chi connectivity index (χ2n) is 7.39. The Morgan fingerprint density at radius 2 is 2.05 bits per heavy atom. The van der Waals surface area contributed by atoms with Crippen LogP contribution in [0.4, 0.5) is 0 Å². The molecule has 0 aromatic carbocycles. The SMILES string of the molecule is O=C(NC1[C@H]2CN(CCCC3CCCC3)C[C@@H]12)c1ccoc1. The molecule has 0 spiro atoms. The van der Waals surface area contributed by atoms with E-state index in [4.69, 9.17) is 4.42 Å². The average Bonchev–Trinajstić information content (AvgIpc) is 3.09. The summed E-state index contributed by atoms with van der Waals surface area (Å²) in [5, 5.41) is 3.15. The Hall–Kier alpha value is -1.29. The molecule has 1 amide bonds. The smallest absolute Gasteiger partial charge is 0.254 e. The van der Waals surface area contributed by atoms with Crippen LogP contribution in [0.1, 0.15) is 48.9 Å². The fraction of sp³-hybridized carbons (Fsp3) is 0.722. The number of nitrogens with one attached hydrogen (secondary N) is 1. The van der Waals surface area contributed by atoms with E-state index in [0.29, 0.717) is 23.4 Å². The van der Waals surface area contributed by atoms with Crippen LogP contribution in [0.15, 0.2) is 23.0 Å². The van der Waals surface area contributed by atoms with Crippen molar-refractivity contribution in [2.24, 2.45) is 17.8 Å². The van der Waals surface area contributed by atoms with Crippen LogP contribution in [0.25, 0.3) is 0 Å². The number of carbonyl (C=O) groups excluding carboxylic acids is 1. The lowest BCUT2D eigenvalue weighted by molar-refractivity contribution is 0.0942. The molecule has 3 fully saturated rings. The summed E-state index contributed by atoms with van der Waals surface area (Å²) >= 11 is 0. The normalized spacial score (nSPS) is 31.4. The third-order valence-corrected chi connectivity index (χ3v) is 5.91. The lowest BCUT2D eigenvalue weighted by Gasteiger charge is -2.20. The molecule has 22 heavy (non-hydrogen) atoms. The molecule has 3 atom stereocenters. The molecule has 1 saturated heterocycles. The topological polar surface area (TPSA) is 45.5 Å². The number of carbonyl (C=O) groups is 1. The van der Waals surface area contributed by atoms with Crippen molar-refractivity contribution in [2.45, 2.75) is 44.6 Å². The molecule has 2 saturated carbocycles. The molecule has 0 bridgehead atoms. The minimum absolute atomic E-state index is 0.0148. The molecule has 120 valence electrons. The maximum atomic E-state index is 12.0. The number of amides is 1. The van der Waals surface area contributed by atoms with Gasteiger partial charge in [0.05, 0.1) is 11.8 Å². The van der Waals surface area contributed by atoms with Crippen LogP contribution in [0.2, 0.25) is 0 Å². The largest absolute Gasteiger partial charge is 0.472 e. The third-order valence-electron chi connectivity index (χ3n) is 5.91. The standard InChI is InChI=1S/C18H26N2O2/c21-18(14-7-9-22-12-14)19-17-15-10-20(11-16(15)17)8-3-6-13-4-1-2-5-13/h7,9,12-13,15-17H,1-6,8,10-11H2,(H,19,21)/t15-,16+,17?. The first-order valence-electron chi connectivity index (χ1n) is 8.86. The zero-order chi connectivity index (χ0) is 14.9. The van der Waals surface area contributed by atoms with Crippen LogP contribution < -0.4 is 5.32 Å². The molecule has 4 nitrogen and oxygen atoms in total. The molecule has 1 N–H and O–H groups in total. The summed E-state index contributed by atoms with van der Waals surface area (Å²) in [6, 6.07) is 2.12. The van der Waals surface area contributed by atoms with Crippen molar-refractivity contribution in [3.05, 3.63) is 24.2 Å². The van der Waals surface area contributed by atoms with E-state index in [-0.39, 0.29) is 5.91 Å². The van der Waals surface area contributed by atoms with Gasteiger partial charge in [-0.05, 0) is 43.2 Å². The van der Waals surface area contributed by atoms with E-state index in [1.165, 1.54) is 64.4 Å². The van der Waals surface area contributed by atoms with Crippen LogP contribution in [-0.2, 0) is 0 Å². The number of furan rings is 1. The van der Waals surface area contributed by atoms with Gasteiger partial charge in [-0.15, -0.1) is 0 Å². The first-order chi connectivity index (χ1) is 10.8. The van der Waals surface area contributed by atoms with Crippen molar-refractivity contribution in [1.82, 2.24) is 10.2 Å². The van der Waals surface area contributed by atoms with Crippen LogP contribution in [0, 0.1) is 17.8 Å². The van der Waals surface area contributed by atoms with Gasteiger partial charge in [-0.3, -0.25) is 4.79 Å². The van der Waals surface area contributed by atoms with Crippen LogP contribution in [0.5, 0.6) is 0 Å². The zero-order valence-corrected chi connectivity index (χ0v) is 13.2. The monoisotopic (exact) mass is 302 g/mol. The summed E-state index contributed by atoms with van der Waals surface area (Å²) in [5.41, 5.74) is 0.637. The predicted molar refractivity (Wildman–Crippen MR) is 84.6 cm³/mol. The van der Waals surface area contributed by atoms with Gasteiger partial charge < -0.3 is 14.6 Å². The first kappa shape index (κ1) is 14.3. The molecule has 1 aliphatic heterocycles. The third kappa shape index (κ3) is 2.94. The number of nitrogens with zero attached hydrogens (tertiary/aromatic N) is 1. The summed E-state index contributed by atoms with van der Waals surface area (Å²) in [5.74, 6) is 2.39. The van der Waals surface area contributed by atoms with Gasteiger partial charge in [0.15, 0.2) is 0 Å². The number of likely N-dealkylation sites (tertiary alicyclic amines) is 1. The molecule has 1 unspecified atom stereocenters. The highest BCUT2D eigenvalue weighted by atomic mass is 16.3. The van der Waals surface area contributed by atoms with Crippen LogP contribution in [-0.4, -0.2) is 36.5 Å². The quantitative estimate of drug-likeness (QED) is 0.879. The Bertz CT molecular complexity index is 495. The Balaban J connectivity index is 1.15. The molecule has 2 aliphatic carbocycles. The van der Waals surface area contributed by atoms with Gasteiger partial charge in [-0.2, -0.15) is 0 Å². The van der Waals surface area contributed by atoms with Gasteiger partial charge in [0.25, 0.3) is 5.91 Å². The lowest BCUT2D eigenvalue weighted by Crippen LogP contribution is -2.34. The number of piperidine rings is 1. The Kier molecular flexibility index (Phi) is 3.95. The Morgan fingerprint density at radius 1 is 1.27 bits per heavy atom. The Labute approximate surface area is 132 Å². The van der Waals surface area contributed by atoms with Gasteiger partial charge in [-0.1, -0.05) is 25.7 Å². The molecular formula is C18H26N2O2. The highest BCUT2D eigenvalue weighted by molar-refractivity contribution is 5.94. The number of hydrogen-bond donors (Lipinski definition) is 1. The van der Waals surface area contributed by atoms with Gasteiger partial charge >= 0.3 is 0 Å². The molecule has 2 heterocycles. The van der Waals surface area contributed by atoms with E-state index in [0.717, 1.165) is 5.92 Å². The fourth-order valence-electron chi connectivity index (χ4n) is 4.54. The van der Waals surface area contributed by atoms with Gasteiger partial charge in [0.1, 0.15) is 6.26 Å². The van der Waals surface area contributed by atoms with E-state index in [2.05, 4.69) is 10.2 Å². The molecule has 3 aliphatic rings. The van der Waals surface area contributed by atoms with Crippen molar-refractivity contribution >= 4 is 5.91 Å². The lowest BCUT2D eigenvalue weighted by atomic mass is 10.0. The van der Waals surface area contributed by atoms with Crippen molar-refractivity contribution in [3.63, 3.8) is 0 Å². The van der Waals surface area contributed by atoms with Crippen molar-refractivity contribution < 1.29 is 9.21 Å². The van der Waals surface area contributed by atoms with Crippen LogP contribution in [0.3, 0.4) is 0 Å². The highest BCUT2D eigenvalue weighted by Gasteiger charge is 2.56. The summed E-state index contributed by atoms with van der Waals surface area (Å²) in [6.07, 6.45) is 11.7. The molecule has 1 aromatic heterocycles. The van der Waals surface area contributed by atoms with E-state index in [9.17, 15) is 4.79 Å². The molecule has 1 aromatic rings. The molecule has 0 radical (unpaired) electrons. The first-order valence-corrected chi connectivity index (χ1v) is 8.86. The minimum Gasteiger partial charge on any atom is -0.472 e. The molecule has 4 rings (SSSR count). The summed E-state index contributed by atoms with van der Waals surface area (Å²) in [7, 11) is 0. The van der Waals surface area contributed by atoms with Gasteiger partial charge in [0, 0.05) is 19.1 Å². The summed E-state index contributed by atoms with van der Waals surface area (Å²) in [6.45, 7) is 3.60. The van der Waals surface area contributed by atoms with E-state index in [1.807, 2.05) is 0 Å². The summed E-state index contributed by atoms with van der Waals surface area (Å²) in [4.78, 5) is 14.6. The summed E-state index contributed by atoms with van der Waals surface area (Å²) < 4.78 is 4.97. The second-order valence-corrected chi connectivity index (χ2v) is 7.39. The van der Waals surface area contributed by atoms with Crippen LogP contribution >= 0.6 is 0 Å². The highest BCUT2D eigenvalue weighted by Crippen LogP contribution is 2.45.